The first-order valence-corrected chi connectivity index (χ1v) is 6.09. The molecule has 0 radical (unpaired) electrons. The molecule has 1 aromatic carbocycles. The minimum Gasteiger partial charge on any atom is -0.378 e. The molecular formula is C13H13ClFN3O. The average molecular weight is 282 g/mol. The van der Waals surface area contributed by atoms with E-state index >= 15 is 0 Å². The maximum absolute atomic E-state index is 13.5. The lowest BCUT2D eigenvalue weighted by Gasteiger charge is -2.09. The number of aryl methyl sites for hydroxylation is 2. The Morgan fingerprint density at radius 2 is 2.00 bits per heavy atom. The van der Waals surface area contributed by atoms with Crippen molar-refractivity contribution in [2.45, 2.75) is 20.4 Å². The van der Waals surface area contributed by atoms with Crippen molar-refractivity contribution in [1.29, 1.82) is 0 Å². The SMILES string of the molecule is Cc1cc(CNc2cn[nH]c(=O)c2Cl)cc(C)c1F. The predicted octanol–water partition coefficient (Wildman–Crippen LogP) is 2.79. The van der Waals surface area contributed by atoms with Gasteiger partial charge in [-0.15, -0.1) is 0 Å². The Balaban J connectivity index is 2.19. The summed E-state index contributed by atoms with van der Waals surface area (Å²) in [6.45, 7) is 3.87. The first-order valence-electron chi connectivity index (χ1n) is 5.71. The van der Waals surface area contributed by atoms with E-state index in [2.05, 4.69) is 15.5 Å². The Labute approximate surface area is 114 Å². The van der Waals surface area contributed by atoms with Crippen molar-refractivity contribution in [2.24, 2.45) is 0 Å². The summed E-state index contributed by atoms with van der Waals surface area (Å²) in [4.78, 5) is 11.3. The predicted molar refractivity (Wildman–Crippen MR) is 73.1 cm³/mol. The molecule has 0 aliphatic carbocycles. The van der Waals surface area contributed by atoms with Gasteiger partial charge in [-0.25, -0.2) is 9.49 Å². The van der Waals surface area contributed by atoms with E-state index in [0.717, 1.165) is 5.56 Å². The van der Waals surface area contributed by atoms with Gasteiger partial charge in [0.05, 0.1) is 11.9 Å². The van der Waals surface area contributed by atoms with Crippen LogP contribution in [0, 0.1) is 19.7 Å². The fraction of sp³-hybridized carbons (Fsp3) is 0.231. The molecule has 0 amide bonds. The van der Waals surface area contributed by atoms with E-state index in [-0.39, 0.29) is 10.8 Å². The molecule has 0 unspecified atom stereocenters. The monoisotopic (exact) mass is 281 g/mol. The van der Waals surface area contributed by atoms with Crippen LogP contribution in [-0.2, 0) is 6.54 Å². The first-order chi connectivity index (χ1) is 8.99. The van der Waals surface area contributed by atoms with Crippen LogP contribution >= 0.6 is 11.6 Å². The molecule has 0 fully saturated rings. The van der Waals surface area contributed by atoms with Gasteiger partial charge in [-0.05, 0) is 30.5 Å². The van der Waals surface area contributed by atoms with E-state index in [4.69, 9.17) is 11.6 Å². The minimum absolute atomic E-state index is 0.0607. The third-order valence-electron chi connectivity index (χ3n) is 2.77. The normalized spacial score (nSPS) is 10.5. The van der Waals surface area contributed by atoms with Gasteiger partial charge in [0.2, 0.25) is 0 Å². The molecule has 0 aliphatic rings. The molecule has 0 aliphatic heterocycles. The Bertz CT molecular complexity index is 646. The van der Waals surface area contributed by atoms with Crippen LogP contribution in [0.2, 0.25) is 5.02 Å². The summed E-state index contributed by atoms with van der Waals surface area (Å²) in [5, 5.41) is 8.97. The smallest absolute Gasteiger partial charge is 0.285 e. The summed E-state index contributed by atoms with van der Waals surface area (Å²) in [6, 6.07) is 3.51. The van der Waals surface area contributed by atoms with Gasteiger partial charge in [-0.2, -0.15) is 5.10 Å². The molecule has 2 aromatic rings. The summed E-state index contributed by atoms with van der Waals surface area (Å²) in [7, 11) is 0. The minimum atomic E-state index is -0.446. The van der Waals surface area contributed by atoms with Crippen LogP contribution in [0.25, 0.3) is 0 Å². The molecule has 1 heterocycles. The molecule has 0 spiro atoms. The van der Waals surface area contributed by atoms with Crippen molar-refractivity contribution in [3.05, 3.63) is 56.2 Å². The maximum atomic E-state index is 13.5. The second-order valence-electron chi connectivity index (χ2n) is 4.32. The van der Waals surface area contributed by atoms with Gasteiger partial charge in [0.25, 0.3) is 5.56 Å². The highest BCUT2D eigenvalue weighted by molar-refractivity contribution is 6.32. The number of nitrogens with one attached hydrogen (secondary N) is 2. The van der Waals surface area contributed by atoms with Crippen molar-refractivity contribution in [1.82, 2.24) is 10.2 Å². The van der Waals surface area contributed by atoms with E-state index in [9.17, 15) is 9.18 Å². The average Bonchev–Trinajstić information content (AvgIpc) is 2.37. The fourth-order valence-corrected chi connectivity index (χ4v) is 2.00. The van der Waals surface area contributed by atoms with Crippen molar-refractivity contribution < 1.29 is 4.39 Å². The van der Waals surface area contributed by atoms with E-state index in [1.165, 1.54) is 6.20 Å². The quantitative estimate of drug-likeness (QED) is 0.909. The van der Waals surface area contributed by atoms with Crippen LogP contribution in [0.4, 0.5) is 10.1 Å². The summed E-state index contributed by atoms with van der Waals surface area (Å²) in [5.74, 6) is -0.195. The van der Waals surface area contributed by atoms with Crippen molar-refractivity contribution in [3.8, 4) is 0 Å². The number of H-pyrrole nitrogens is 1. The number of aromatic amines is 1. The molecule has 1 aromatic heterocycles. The van der Waals surface area contributed by atoms with Crippen LogP contribution in [0.5, 0.6) is 0 Å². The molecule has 0 saturated heterocycles. The molecule has 4 nitrogen and oxygen atoms in total. The number of benzene rings is 1. The number of halogens is 2. The van der Waals surface area contributed by atoms with Gasteiger partial charge in [0, 0.05) is 6.54 Å². The van der Waals surface area contributed by atoms with Crippen LogP contribution in [0.3, 0.4) is 0 Å². The second kappa shape index (κ2) is 5.40. The topological polar surface area (TPSA) is 57.8 Å². The molecule has 6 heteroatoms. The zero-order valence-electron chi connectivity index (χ0n) is 10.6. The largest absolute Gasteiger partial charge is 0.378 e. The fourth-order valence-electron chi connectivity index (χ4n) is 1.84. The zero-order valence-corrected chi connectivity index (χ0v) is 11.3. The zero-order chi connectivity index (χ0) is 14.0. The lowest BCUT2D eigenvalue weighted by Crippen LogP contribution is -2.12. The third-order valence-corrected chi connectivity index (χ3v) is 3.15. The number of anilines is 1. The van der Waals surface area contributed by atoms with E-state index in [0.29, 0.717) is 23.4 Å². The van der Waals surface area contributed by atoms with Crippen LogP contribution in [-0.4, -0.2) is 10.2 Å². The molecular weight excluding hydrogens is 269 g/mol. The highest BCUT2D eigenvalue weighted by Gasteiger charge is 2.07. The Kier molecular flexibility index (Phi) is 3.85. The molecule has 0 saturated carbocycles. The van der Waals surface area contributed by atoms with E-state index < -0.39 is 5.56 Å². The maximum Gasteiger partial charge on any atom is 0.285 e. The molecule has 100 valence electrons. The molecule has 0 bridgehead atoms. The molecule has 0 atom stereocenters. The van der Waals surface area contributed by atoms with E-state index in [1.54, 1.807) is 26.0 Å². The van der Waals surface area contributed by atoms with E-state index in [1.807, 2.05) is 0 Å². The van der Waals surface area contributed by atoms with Gasteiger partial charge in [0.1, 0.15) is 10.8 Å². The van der Waals surface area contributed by atoms with Crippen LogP contribution in [0.1, 0.15) is 16.7 Å². The summed E-state index contributed by atoms with van der Waals surface area (Å²) in [6.07, 6.45) is 1.44. The standard InChI is InChI=1S/C13H13ClFN3O/c1-7-3-9(4-8(2)12(7)15)5-16-10-6-17-18-13(19)11(10)14/h3-4,6H,5H2,1-2H3,(H2,16,18,19). The Morgan fingerprint density at radius 3 is 2.63 bits per heavy atom. The van der Waals surface area contributed by atoms with Crippen LogP contribution < -0.4 is 10.9 Å². The molecule has 2 rings (SSSR count). The summed E-state index contributed by atoms with van der Waals surface area (Å²) < 4.78 is 13.5. The van der Waals surface area contributed by atoms with Crippen molar-refractivity contribution >= 4 is 17.3 Å². The van der Waals surface area contributed by atoms with Gasteiger partial charge < -0.3 is 5.32 Å². The van der Waals surface area contributed by atoms with Gasteiger partial charge >= 0.3 is 0 Å². The lowest BCUT2D eigenvalue weighted by molar-refractivity contribution is 0.608. The number of rotatable bonds is 3. The second-order valence-corrected chi connectivity index (χ2v) is 4.70. The summed E-state index contributed by atoms with van der Waals surface area (Å²) in [5.41, 5.74) is 2.09. The molecule has 19 heavy (non-hydrogen) atoms. The van der Waals surface area contributed by atoms with Gasteiger partial charge in [0.15, 0.2) is 0 Å². The highest BCUT2D eigenvalue weighted by Crippen LogP contribution is 2.18. The number of hydrogen-bond acceptors (Lipinski definition) is 3. The van der Waals surface area contributed by atoms with Crippen molar-refractivity contribution in [3.63, 3.8) is 0 Å². The number of nitrogens with zero attached hydrogens (tertiary/aromatic N) is 1. The Hall–Kier alpha value is -1.88. The van der Waals surface area contributed by atoms with Gasteiger partial charge in [-0.1, -0.05) is 23.7 Å². The number of hydrogen-bond donors (Lipinski definition) is 2. The van der Waals surface area contributed by atoms with Crippen molar-refractivity contribution in [2.75, 3.05) is 5.32 Å². The highest BCUT2D eigenvalue weighted by atomic mass is 35.5. The number of aromatic nitrogens is 2. The first kappa shape index (κ1) is 13.5. The summed E-state index contributed by atoms with van der Waals surface area (Å²) >= 11 is 5.84. The third kappa shape index (κ3) is 2.93. The Morgan fingerprint density at radius 1 is 1.37 bits per heavy atom. The molecule has 2 N–H and O–H groups in total. The lowest BCUT2D eigenvalue weighted by atomic mass is 10.1. The van der Waals surface area contributed by atoms with Gasteiger partial charge in [-0.3, -0.25) is 4.79 Å². The van der Waals surface area contributed by atoms with Crippen LogP contribution in [0.15, 0.2) is 23.1 Å².